The van der Waals surface area contributed by atoms with Crippen molar-refractivity contribution in [3.8, 4) is 0 Å². The molecule has 0 spiro atoms. The fourth-order valence-electron chi connectivity index (χ4n) is 0.924. The summed E-state index contributed by atoms with van der Waals surface area (Å²) in [5.74, 6) is 0. The third kappa shape index (κ3) is 25.2. The first-order valence-electron chi connectivity index (χ1n) is 5.61. The summed E-state index contributed by atoms with van der Waals surface area (Å²) in [5, 5.41) is 0. The van der Waals surface area contributed by atoms with Gasteiger partial charge in [-0.15, -0.1) is 0 Å². The molecule has 0 aliphatic heterocycles. The van der Waals surface area contributed by atoms with Gasteiger partial charge in [-0.3, -0.25) is 9.13 Å². The second-order valence-electron chi connectivity index (χ2n) is 3.77. The summed E-state index contributed by atoms with van der Waals surface area (Å²) in [6.07, 6.45) is 1.78. The minimum Gasteiger partial charge on any atom is -0.330 e. The third-order valence-electron chi connectivity index (χ3n) is 1.81. The molecule has 112 valence electrons. The highest BCUT2D eigenvalue weighted by Gasteiger charge is 2.15. The molecule has 8 N–H and O–H groups in total. The van der Waals surface area contributed by atoms with Gasteiger partial charge in [-0.05, 0) is 38.8 Å². The molecule has 0 bridgehead atoms. The Morgan fingerprint density at radius 3 is 1.11 bits per heavy atom. The molecule has 0 saturated carbocycles. The van der Waals surface area contributed by atoms with Crippen LogP contribution in [0.3, 0.4) is 0 Å². The maximum Gasteiger partial charge on any atom is 0.325 e. The molecule has 0 aliphatic rings. The van der Waals surface area contributed by atoms with Crippen LogP contribution in [0.5, 0.6) is 0 Å². The Morgan fingerprint density at radius 1 is 0.667 bits per heavy atom. The van der Waals surface area contributed by atoms with Crippen molar-refractivity contribution in [2.45, 2.75) is 25.7 Å². The first-order chi connectivity index (χ1) is 8.12. The van der Waals surface area contributed by atoms with Gasteiger partial charge in [-0.1, -0.05) is 0 Å². The summed E-state index contributed by atoms with van der Waals surface area (Å²) in [4.78, 5) is 33.5. The van der Waals surface area contributed by atoms with Crippen molar-refractivity contribution in [2.24, 2.45) is 11.5 Å². The lowest BCUT2D eigenvalue weighted by Gasteiger charge is -2.04. The van der Waals surface area contributed by atoms with E-state index in [-0.39, 0.29) is 25.2 Å². The van der Waals surface area contributed by atoms with Crippen molar-refractivity contribution in [3.63, 3.8) is 0 Å². The standard InChI is InChI=1S/C4H12N2.C4H12O6P2/c5-3-1-2-4-6;5-11(6,7)3-1-2-4-12(8,9)10/h1-6H2;1-4H2,(H2,5,6,7)(H2,8,9,10). The second kappa shape index (κ2) is 11.1. The zero-order chi connectivity index (χ0) is 14.7. The van der Waals surface area contributed by atoms with Crippen LogP contribution in [0.25, 0.3) is 0 Å². The van der Waals surface area contributed by atoms with Crippen LogP contribution in [0, 0.1) is 0 Å². The van der Waals surface area contributed by atoms with Gasteiger partial charge in [-0.25, -0.2) is 0 Å². The van der Waals surface area contributed by atoms with Crippen molar-refractivity contribution >= 4 is 15.2 Å². The molecule has 0 aromatic carbocycles. The molecule has 0 fully saturated rings. The largest absolute Gasteiger partial charge is 0.330 e. The lowest BCUT2D eigenvalue weighted by atomic mass is 10.3. The average Bonchev–Trinajstić information content (AvgIpc) is 2.20. The van der Waals surface area contributed by atoms with Gasteiger partial charge in [0.05, 0.1) is 0 Å². The highest BCUT2D eigenvalue weighted by molar-refractivity contribution is 7.52. The normalized spacial score (nSPS) is 11.9. The predicted octanol–water partition coefficient (Wildman–Crippen LogP) is -0.194. The van der Waals surface area contributed by atoms with Crippen LogP contribution in [0.2, 0.25) is 0 Å². The molecule has 0 unspecified atom stereocenters. The average molecular weight is 306 g/mol. The summed E-state index contributed by atoms with van der Waals surface area (Å²) >= 11 is 0. The molecule has 0 aliphatic carbocycles. The van der Waals surface area contributed by atoms with Crippen LogP contribution in [-0.4, -0.2) is 45.0 Å². The van der Waals surface area contributed by atoms with Crippen molar-refractivity contribution in [3.05, 3.63) is 0 Å². The minimum atomic E-state index is -4.00. The van der Waals surface area contributed by atoms with E-state index in [0.29, 0.717) is 0 Å². The Balaban J connectivity index is 0. The van der Waals surface area contributed by atoms with Crippen molar-refractivity contribution < 1.29 is 28.7 Å². The number of rotatable bonds is 8. The van der Waals surface area contributed by atoms with E-state index in [0.717, 1.165) is 25.9 Å². The van der Waals surface area contributed by atoms with Gasteiger partial charge in [0.25, 0.3) is 0 Å². The second-order valence-corrected chi connectivity index (χ2v) is 7.32. The number of hydrogen-bond acceptors (Lipinski definition) is 4. The van der Waals surface area contributed by atoms with E-state index < -0.39 is 15.2 Å². The summed E-state index contributed by atoms with van der Waals surface area (Å²) in [6, 6.07) is 0. The fourth-order valence-corrected chi connectivity index (χ4v) is 2.20. The van der Waals surface area contributed by atoms with E-state index in [1.165, 1.54) is 0 Å². The monoisotopic (exact) mass is 306 g/mol. The molecule has 0 radical (unpaired) electrons. The fraction of sp³-hybridized carbons (Fsp3) is 1.00. The van der Waals surface area contributed by atoms with Crippen molar-refractivity contribution in [1.82, 2.24) is 0 Å². The maximum atomic E-state index is 10.3. The number of nitrogens with two attached hydrogens (primary N) is 2. The Labute approximate surface area is 107 Å². The molecule has 8 nitrogen and oxygen atoms in total. The molecule has 0 atom stereocenters. The van der Waals surface area contributed by atoms with E-state index >= 15 is 0 Å². The molecule has 18 heavy (non-hydrogen) atoms. The van der Waals surface area contributed by atoms with Crippen LogP contribution in [-0.2, 0) is 9.13 Å². The van der Waals surface area contributed by atoms with Crippen LogP contribution >= 0.6 is 15.2 Å². The topological polar surface area (TPSA) is 167 Å². The van der Waals surface area contributed by atoms with Crippen molar-refractivity contribution in [2.75, 3.05) is 25.4 Å². The molecule has 0 aromatic heterocycles. The number of hydrogen-bond donors (Lipinski definition) is 6. The van der Waals surface area contributed by atoms with Gasteiger partial charge in [-0.2, -0.15) is 0 Å². The molecule has 0 heterocycles. The SMILES string of the molecule is NCCCCN.O=P(O)(O)CCCCP(=O)(O)O. The molecule has 0 rings (SSSR count). The van der Waals surface area contributed by atoms with E-state index in [9.17, 15) is 9.13 Å². The van der Waals surface area contributed by atoms with E-state index in [4.69, 9.17) is 31.0 Å². The Morgan fingerprint density at radius 2 is 0.944 bits per heavy atom. The Bertz CT molecular complexity index is 249. The lowest BCUT2D eigenvalue weighted by Crippen LogP contribution is -2.03. The molecule has 0 amide bonds. The van der Waals surface area contributed by atoms with Gasteiger partial charge < -0.3 is 31.0 Å². The minimum absolute atomic E-state index is 0.134. The lowest BCUT2D eigenvalue weighted by molar-refractivity contribution is 0.364. The molecule has 0 saturated heterocycles. The van der Waals surface area contributed by atoms with Gasteiger partial charge in [0.15, 0.2) is 0 Å². The summed E-state index contributed by atoms with van der Waals surface area (Å²) in [7, 11) is -8.00. The Kier molecular flexibility index (Phi) is 12.6. The van der Waals surface area contributed by atoms with Crippen LogP contribution in [0.1, 0.15) is 25.7 Å². The van der Waals surface area contributed by atoms with Gasteiger partial charge >= 0.3 is 15.2 Å². The van der Waals surface area contributed by atoms with Crippen molar-refractivity contribution in [1.29, 1.82) is 0 Å². The van der Waals surface area contributed by atoms with Gasteiger partial charge in [0.2, 0.25) is 0 Å². The molecule has 10 heteroatoms. The highest BCUT2D eigenvalue weighted by Crippen LogP contribution is 2.38. The number of unbranched alkanes of at least 4 members (excludes halogenated alkanes) is 2. The van der Waals surface area contributed by atoms with E-state index in [1.807, 2.05) is 0 Å². The zero-order valence-corrected chi connectivity index (χ0v) is 12.1. The van der Waals surface area contributed by atoms with E-state index in [1.54, 1.807) is 0 Å². The first kappa shape index (κ1) is 20.5. The summed E-state index contributed by atoms with van der Waals surface area (Å²) in [6.45, 7) is 1.55. The van der Waals surface area contributed by atoms with Crippen LogP contribution < -0.4 is 11.5 Å². The van der Waals surface area contributed by atoms with Gasteiger partial charge in [0.1, 0.15) is 0 Å². The third-order valence-corrected chi connectivity index (χ3v) is 3.60. The van der Waals surface area contributed by atoms with Crippen LogP contribution in [0.15, 0.2) is 0 Å². The van der Waals surface area contributed by atoms with Crippen LogP contribution in [0.4, 0.5) is 0 Å². The zero-order valence-electron chi connectivity index (χ0n) is 10.3. The summed E-state index contributed by atoms with van der Waals surface area (Å²) in [5.41, 5.74) is 10.3. The highest BCUT2D eigenvalue weighted by atomic mass is 31.2. The molecular weight excluding hydrogens is 282 g/mol. The maximum absolute atomic E-state index is 10.3. The molecule has 0 aromatic rings. The summed E-state index contributed by atoms with van der Waals surface area (Å²) < 4.78 is 20.5. The smallest absolute Gasteiger partial charge is 0.325 e. The van der Waals surface area contributed by atoms with Gasteiger partial charge in [0, 0.05) is 12.3 Å². The Hall–Kier alpha value is 0.220. The quantitative estimate of drug-likeness (QED) is 0.265. The molecular formula is C8H24N2O6P2. The predicted molar refractivity (Wildman–Crippen MR) is 70.4 cm³/mol. The first-order valence-corrected chi connectivity index (χ1v) is 9.21. The van der Waals surface area contributed by atoms with E-state index in [2.05, 4.69) is 0 Å².